The number of thiol groups is 2. The predicted molar refractivity (Wildman–Crippen MR) is 54.3 cm³/mol. The van der Waals surface area contributed by atoms with Crippen LogP contribution in [0.1, 0.15) is 0 Å². The maximum Gasteiger partial charge on any atom is 0.171 e. The van der Waals surface area contributed by atoms with Crippen molar-refractivity contribution in [3.63, 3.8) is 0 Å². The second-order valence-corrected chi connectivity index (χ2v) is 4.13. The molecule has 1 aliphatic rings. The standard InChI is InChI=1S/C7H14O4S2/c1-10-7-6(13)4(9)5(12)3(2-8)11-7/h3-9,12-13H,2H2,1H3/t3-,4+,5-,6+,7+/m1/s1. The number of methoxy groups -OCH3 is 1. The number of aliphatic hydroxyl groups is 2. The van der Waals surface area contributed by atoms with E-state index < -0.39 is 29.0 Å². The molecule has 4 nitrogen and oxygen atoms in total. The number of hydrogen-bond acceptors (Lipinski definition) is 6. The first kappa shape index (κ1) is 11.6. The number of ether oxygens (including phenoxy) is 2. The second-order valence-electron chi connectivity index (χ2n) is 2.93. The zero-order valence-electron chi connectivity index (χ0n) is 7.20. The zero-order valence-corrected chi connectivity index (χ0v) is 8.99. The van der Waals surface area contributed by atoms with E-state index in [9.17, 15) is 5.11 Å². The lowest BCUT2D eigenvalue weighted by atomic mass is 10.0. The SMILES string of the molecule is CO[C@H]1O[C@H](CO)[C@@H](S)[C@H](O)[C@@H]1S. The topological polar surface area (TPSA) is 58.9 Å². The molecule has 0 aromatic heterocycles. The third-order valence-corrected chi connectivity index (χ3v) is 3.27. The highest BCUT2D eigenvalue weighted by molar-refractivity contribution is 7.82. The molecule has 0 bridgehead atoms. The van der Waals surface area contributed by atoms with E-state index >= 15 is 0 Å². The maximum atomic E-state index is 9.63. The van der Waals surface area contributed by atoms with Gasteiger partial charge >= 0.3 is 0 Å². The van der Waals surface area contributed by atoms with Crippen molar-refractivity contribution in [2.45, 2.75) is 29.0 Å². The maximum absolute atomic E-state index is 9.63. The smallest absolute Gasteiger partial charge is 0.171 e. The van der Waals surface area contributed by atoms with E-state index in [2.05, 4.69) is 25.3 Å². The summed E-state index contributed by atoms with van der Waals surface area (Å²) < 4.78 is 10.2. The van der Waals surface area contributed by atoms with Crippen LogP contribution in [0.15, 0.2) is 0 Å². The van der Waals surface area contributed by atoms with Gasteiger partial charge in [0.15, 0.2) is 6.29 Å². The average molecular weight is 226 g/mol. The molecule has 0 amide bonds. The van der Waals surface area contributed by atoms with Crippen LogP contribution in [-0.4, -0.2) is 52.9 Å². The summed E-state index contributed by atoms with van der Waals surface area (Å²) >= 11 is 8.27. The average Bonchev–Trinajstić information content (AvgIpc) is 2.15. The lowest BCUT2D eigenvalue weighted by molar-refractivity contribution is -0.202. The molecule has 0 unspecified atom stereocenters. The Hall–Kier alpha value is 0.540. The van der Waals surface area contributed by atoms with E-state index in [1.54, 1.807) is 0 Å². The van der Waals surface area contributed by atoms with E-state index in [0.29, 0.717) is 0 Å². The predicted octanol–water partition coefficient (Wildman–Crippen LogP) is -0.692. The van der Waals surface area contributed by atoms with E-state index in [4.69, 9.17) is 14.6 Å². The molecule has 1 heterocycles. The Labute approximate surface area is 88.0 Å². The Bertz CT molecular complexity index is 149. The van der Waals surface area contributed by atoms with Gasteiger partial charge < -0.3 is 19.7 Å². The van der Waals surface area contributed by atoms with Gasteiger partial charge in [-0.2, -0.15) is 25.3 Å². The van der Waals surface area contributed by atoms with Crippen molar-refractivity contribution in [1.82, 2.24) is 0 Å². The molecule has 6 heteroatoms. The van der Waals surface area contributed by atoms with Crippen LogP contribution in [0.3, 0.4) is 0 Å². The minimum atomic E-state index is -0.748. The molecular formula is C7H14O4S2. The first-order valence-electron chi connectivity index (χ1n) is 3.95. The van der Waals surface area contributed by atoms with Crippen molar-refractivity contribution < 1.29 is 19.7 Å². The first-order chi connectivity index (χ1) is 6.11. The zero-order chi connectivity index (χ0) is 10.0. The summed E-state index contributed by atoms with van der Waals surface area (Å²) in [6.07, 6.45) is -1.85. The summed E-state index contributed by atoms with van der Waals surface area (Å²) in [5.74, 6) is 0. The highest BCUT2D eigenvalue weighted by Crippen LogP contribution is 2.28. The van der Waals surface area contributed by atoms with Crippen molar-refractivity contribution in [3.8, 4) is 0 Å². The molecule has 0 aliphatic carbocycles. The molecule has 1 saturated heterocycles. The number of rotatable bonds is 2. The van der Waals surface area contributed by atoms with Crippen LogP contribution in [0.5, 0.6) is 0 Å². The van der Waals surface area contributed by atoms with Crippen molar-refractivity contribution >= 4 is 25.3 Å². The van der Waals surface area contributed by atoms with Crippen molar-refractivity contribution in [2.75, 3.05) is 13.7 Å². The van der Waals surface area contributed by atoms with Crippen molar-refractivity contribution in [2.24, 2.45) is 0 Å². The Morgan fingerprint density at radius 2 is 2.00 bits per heavy atom. The highest BCUT2D eigenvalue weighted by atomic mass is 32.1. The molecule has 78 valence electrons. The summed E-state index contributed by atoms with van der Waals surface area (Å²) in [6.45, 7) is -0.189. The monoisotopic (exact) mass is 226 g/mol. The molecule has 2 N–H and O–H groups in total. The molecule has 13 heavy (non-hydrogen) atoms. The molecule has 0 radical (unpaired) electrons. The van der Waals surface area contributed by atoms with Crippen LogP contribution in [-0.2, 0) is 9.47 Å². The Kier molecular flexibility index (Phi) is 4.34. The number of aliphatic hydroxyl groups excluding tert-OH is 2. The van der Waals surface area contributed by atoms with Crippen LogP contribution in [0.2, 0.25) is 0 Å². The minimum absolute atomic E-state index is 0.189. The molecule has 0 saturated carbocycles. The lowest BCUT2D eigenvalue weighted by Gasteiger charge is -2.39. The third kappa shape index (κ3) is 2.31. The van der Waals surface area contributed by atoms with Gasteiger partial charge in [-0.05, 0) is 0 Å². The molecule has 1 rings (SSSR count). The van der Waals surface area contributed by atoms with Gasteiger partial charge in [0.1, 0.15) is 0 Å². The van der Waals surface area contributed by atoms with Gasteiger partial charge in [-0.3, -0.25) is 0 Å². The van der Waals surface area contributed by atoms with E-state index in [1.807, 2.05) is 0 Å². The molecule has 1 fully saturated rings. The third-order valence-electron chi connectivity index (χ3n) is 2.08. The quantitative estimate of drug-likeness (QED) is 0.471. The van der Waals surface area contributed by atoms with Crippen LogP contribution < -0.4 is 0 Å². The Morgan fingerprint density at radius 1 is 1.38 bits per heavy atom. The van der Waals surface area contributed by atoms with E-state index in [-0.39, 0.29) is 6.61 Å². The molecular weight excluding hydrogens is 212 g/mol. The molecule has 5 atom stereocenters. The second kappa shape index (κ2) is 4.86. The Balaban J connectivity index is 2.66. The molecule has 1 aliphatic heterocycles. The van der Waals surface area contributed by atoms with Gasteiger partial charge in [0.2, 0.25) is 0 Å². The van der Waals surface area contributed by atoms with Crippen LogP contribution in [0, 0.1) is 0 Å². The number of hydrogen-bond donors (Lipinski definition) is 4. The van der Waals surface area contributed by atoms with Crippen LogP contribution in [0.25, 0.3) is 0 Å². The Morgan fingerprint density at radius 3 is 2.46 bits per heavy atom. The molecule has 0 aromatic carbocycles. The van der Waals surface area contributed by atoms with Gasteiger partial charge in [0.05, 0.1) is 29.3 Å². The van der Waals surface area contributed by atoms with E-state index in [1.165, 1.54) is 7.11 Å². The van der Waals surface area contributed by atoms with Gasteiger partial charge in [-0.15, -0.1) is 0 Å². The molecule has 0 spiro atoms. The van der Waals surface area contributed by atoms with Crippen LogP contribution >= 0.6 is 25.3 Å². The van der Waals surface area contributed by atoms with Gasteiger partial charge in [0, 0.05) is 7.11 Å². The van der Waals surface area contributed by atoms with Gasteiger partial charge in [0.25, 0.3) is 0 Å². The van der Waals surface area contributed by atoms with Crippen molar-refractivity contribution in [1.29, 1.82) is 0 Å². The summed E-state index contributed by atoms with van der Waals surface area (Å²) in [6, 6.07) is 0. The summed E-state index contributed by atoms with van der Waals surface area (Å²) in [5, 5.41) is 17.7. The summed E-state index contributed by atoms with van der Waals surface area (Å²) in [5.41, 5.74) is 0. The van der Waals surface area contributed by atoms with Gasteiger partial charge in [-0.25, -0.2) is 0 Å². The minimum Gasteiger partial charge on any atom is -0.394 e. The van der Waals surface area contributed by atoms with Crippen LogP contribution in [0.4, 0.5) is 0 Å². The fraction of sp³-hybridized carbons (Fsp3) is 1.00. The van der Waals surface area contributed by atoms with Crippen molar-refractivity contribution in [3.05, 3.63) is 0 Å². The summed E-state index contributed by atoms with van der Waals surface area (Å²) in [7, 11) is 1.47. The molecule has 0 aromatic rings. The fourth-order valence-electron chi connectivity index (χ4n) is 1.26. The van der Waals surface area contributed by atoms with Gasteiger partial charge in [-0.1, -0.05) is 0 Å². The first-order valence-corrected chi connectivity index (χ1v) is 4.98. The normalized spacial score (nSPS) is 46.4. The van der Waals surface area contributed by atoms with E-state index in [0.717, 1.165) is 0 Å². The summed E-state index contributed by atoms with van der Waals surface area (Å²) in [4.78, 5) is 0. The largest absolute Gasteiger partial charge is 0.394 e. The highest BCUT2D eigenvalue weighted by Gasteiger charge is 2.41. The fourth-order valence-corrected chi connectivity index (χ4v) is 2.13. The lowest BCUT2D eigenvalue weighted by Crippen LogP contribution is -2.54.